The second-order valence-electron chi connectivity index (χ2n) is 5.51. The number of anilines is 1. The zero-order valence-corrected chi connectivity index (χ0v) is 13.8. The summed E-state index contributed by atoms with van der Waals surface area (Å²) in [5, 5.41) is 7.07. The standard InChI is InChI=1S/C15H19N3OS.ClH/c1-9-4-3-5-12-13(9)17-15(20-12)18-14(19)11-6-7-16-10(2)8-11;/h3-5,10-11,16H,6-8H2,1-2H3,(H,17,18,19);1H/t10-,11-;/m0./s1. The third-order valence-corrected chi connectivity index (χ3v) is 4.78. The fourth-order valence-corrected chi connectivity index (χ4v) is 3.66. The van der Waals surface area contributed by atoms with Crippen molar-refractivity contribution in [3.05, 3.63) is 23.8 Å². The summed E-state index contributed by atoms with van der Waals surface area (Å²) >= 11 is 1.55. The Labute approximate surface area is 134 Å². The van der Waals surface area contributed by atoms with E-state index in [1.165, 1.54) is 0 Å². The van der Waals surface area contributed by atoms with Gasteiger partial charge in [0.05, 0.1) is 10.2 Å². The predicted octanol–water partition coefficient (Wildman–Crippen LogP) is 3.35. The number of nitrogens with one attached hydrogen (secondary N) is 2. The highest BCUT2D eigenvalue weighted by molar-refractivity contribution is 7.22. The van der Waals surface area contributed by atoms with Gasteiger partial charge in [-0.15, -0.1) is 12.4 Å². The molecule has 2 atom stereocenters. The molecule has 4 nitrogen and oxygen atoms in total. The summed E-state index contributed by atoms with van der Waals surface area (Å²) in [5.74, 6) is 0.203. The first-order valence-corrected chi connectivity index (χ1v) is 7.85. The number of thiazole rings is 1. The second-order valence-corrected chi connectivity index (χ2v) is 6.54. The minimum atomic E-state index is 0. The molecule has 6 heteroatoms. The van der Waals surface area contributed by atoms with Crippen molar-refractivity contribution in [1.82, 2.24) is 10.3 Å². The average Bonchev–Trinajstić information content (AvgIpc) is 2.83. The number of carbonyl (C=O) groups excluding carboxylic acids is 1. The second kappa shape index (κ2) is 6.73. The van der Waals surface area contributed by atoms with E-state index in [1.807, 2.05) is 25.1 Å². The summed E-state index contributed by atoms with van der Waals surface area (Å²) in [6.45, 7) is 5.08. The molecule has 1 aliphatic rings. The number of benzene rings is 1. The largest absolute Gasteiger partial charge is 0.314 e. The lowest BCUT2D eigenvalue weighted by molar-refractivity contribution is -0.120. The molecule has 2 aromatic rings. The van der Waals surface area contributed by atoms with E-state index in [4.69, 9.17) is 0 Å². The SMILES string of the molecule is Cc1cccc2sc(NC(=O)[C@H]3CCN[C@@H](C)C3)nc12.Cl. The molecular formula is C15H20ClN3OS. The molecular weight excluding hydrogens is 306 g/mol. The van der Waals surface area contributed by atoms with Gasteiger partial charge < -0.3 is 10.6 Å². The smallest absolute Gasteiger partial charge is 0.229 e. The van der Waals surface area contributed by atoms with Crippen LogP contribution in [0.25, 0.3) is 10.2 Å². The van der Waals surface area contributed by atoms with E-state index in [0.29, 0.717) is 11.2 Å². The van der Waals surface area contributed by atoms with E-state index in [9.17, 15) is 4.79 Å². The summed E-state index contributed by atoms with van der Waals surface area (Å²) in [6.07, 6.45) is 1.80. The van der Waals surface area contributed by atoms with Crippen molar-refractivity contribution in [3.63, 3.8) is 0 Å². The Morgan fingerprint density at radius 1 is 1.48 bits per heavy atom. The van der Waals surface area contributed by atoms with Gasteiger partial charge in [0.2, 0.25) is 5.91 Å². The molecule has 0 saturated carbocycles. The number of fused-ring (bicyclic) bond motifs is 1. The maximum Gasteiger partial charge on any atom is 0.229 e. The fourth-order valence-electron chi connectivity index (χ4n) is 2.72. The van der Waals surface area contributed by atoms with Crippen LogP contribution in [0.5, 0.6) is 0 Å². The normalized spacial score (nSPS) is 21.8. The molecule has 1 aromatic carbocycles. The van der Waals surface area contributed by atoms with E-state index in [-0.39, 0.29) is 24.2 Å². The third-order valence-electron chi connectivity index (χ3n) is 3.85. The van der Waals surface area contributed by atoms with Gasteiger partial charge in [-0.05, 0) is 44.9 Å². The lowest BCUT2D eigenvalue weighted by Crippen LogP contribution is -2.40. The Hall–Kier alpha value is -1.17. The van der Waals surface area contributed by atoms with E-state index in [0.717, 1.165) is 35.2 Å². The van der Waals surface area contributed by atoms with Crippen LogP contribution in [0, 0.1) is 12.8 Å². The van der Waals surface area contributed by atoms with Crippen LogP contribution in [-0.4, -0.2) is 23.5 Å². The minimum absolute atomic E-state index is 0. The van der Waals surface area contributed by atoms with Crippen LogP contribution in [0.2, 0.25) is 0 Å². The van der Waals surface area contributed by atoms with Gasteiger partial charge in [-0.3, -0.25) is 4.79 Å². The Kier molecular flexibility index (Phi) is 5.19. The maximum absolute atomic E-state index is 12.3. The summed E-state index contributed by atoms with van der Waals surface area (Å²) in [4.78, 5) is 16.8. The van der Waals surface area contributed by atoms with Gasteiger partial charge >= 0.3 is 0 Å². The van der Waals surface area contributed by atoms with E-state index < -0.39 is 0 Å². The predicted molar refractivity (Wildman–Crippen MR) is 90.4 cm³/mol. The Morgan fingerprint density at radius 3 is 3.00 bits per heavy atom. The van der Waals surface area contributed by atoms with Gasteiger partial charge in [-0.2, -0.15) is 0 Å². The van der Waals surface area contributed by atoms with Crippen molar-refractivity contribution in [2.75, 3.05) is 11.9 Å². The van der Waals surface area contributed by atoms with Gasteiger partial charge in [-0.25, -0.2) is 4.98 Å². The quantitative estimate of drug-likeness (QED) is 0.890. The van der Waals surface area contributed by atoms with Gasteiger partial charge in [0, 0.05) is 12.0 Å². The first kappa shape index (κ1) is 16.2. The molecule has 21 heavy (non-hydrogen) atoms. The summed E-state index contributed by atoms with van der Waals surface area (Å²) in [5.41, 5.74) is 2.14. The number of rotatable bonds is 2. The minimum Gasteiger partial charge on any atom is -0.314 e. The molecule has 1 fully saturated rings. The van der Waals surface area contributed by atoms with Crippen LogP contribution < -0.4 is 10.6 Å². The van der Waals surface area contributed by atoms with Crippen molar-refractivity contribution in [2.45, 2.75) is 32.7 Å². The van der Waals surface area contributed by atoms with Crippen molar-refractivity contribution >= 4 is 45.0 Å². The van der Waals surface area contributed by atoms with Crippen LogP contribution in [0.3, 0.4) is 0 Å². The van der Waals surface area contributed by atoms with Gasteiger partial charge in [0.1, 0.15) is 0 Å². The molecule has 0 radical (unpaired) electrons. The third kappa shape index (κ3) is 3.54. The summed E-state index contributed by atoms with van der Waals surface area (Å²) < 4.78 is 1.12. The summed E-state index contributed by atoms with van der Waals surface area (Å²) in [6, 6.07) is 6.53. The number of nitrogens with zero attached hydrogens (tertiary/aromatic N) is 1. The molecule has 3 rings (SSSR count). The first-order chi connectivity index (χ1) is 9.63. The van der Waals surface area contributed by atoms with Gasteiger partial charge in [-0.1, -0.05) is 23.5 Å². The lowest BCUT2D eigenvalue weighted by Gasteiger charge is -2.26. The first-order valence-electron chi connectivity index (χ1n) is 7.04. The Balaban J connectivity index is 0.00000161. The Bertz CT molecular complexity index is 643. The molecule has 1 amide bonds. The zero-order valence-electron chi connectivity index (χ0n) is 12.2. The number of halogens is 1. The van der Waals surface area contributed by atoms with Crippen LogP contribution in [0.15, 0.2) is 18.2 Å². The molecule has 0 unspecified atom stereocenters. The zero-order chi connectivity index (χ0) is 14.1. The monoisotopic (exact) mass is 325 g/mol. The summed E-state index contributed by atoms with van der Waals surface area (Å²) in [7, 11) is 0. The number of amides is 1. The number of para-hydroxylation sites is 1. The number of hydrogen-bond donors (Lipinski definition) is 2. The number of piperidine rings is 1. The van der Waals surface area contributed by atoms with E-state index in [1.54, 1.807) is 11.3 Å². The maximum atomic E-state index is 12.3. The molecule has 114 valence electrons. The molecule has 0 aliphatic carbocycles. The lowest BCUT2D eigenvalue weighted by atomic mass is 9.93. The number of aromatic nitrogens is 1. The van der Waals surface area contributed by atoms with E-state index >= 15 is 0 Å². The van der Waals surface area contributed by atoms with Gasteiger partial charge in [0.25, 0.3) is 0 Å². The van der Waals surface area contributed by atoms with Crippen molar-refractivity contribution in [1.29, 1.82) is 0 Å². The topological polar surface area (TPSA) is 54.0 Å². The molecule has 2 heterocycles. The highest BCUT2D eigenvalue weighted by atomic mass is 35.5. The number of hydrogen-bond acceptors (Lipinski definition) is 4. The van der Waals surface area contributed by atoms with Gasteiger partial charge in [0.15, 0.2) is 5.13 Å². The molecule has 2 N–H and O–H groups in total. The van der Waals surface area contributed by atoms with Crippen molar-refractivity contribution in [3.8, 4) is 0 Å². The highest BCUT2D eigenvalue weighted by Gasteiger charge is 2.25. The number of aryl methyl sites for hydroxylation is 1. The van der Waals surface area contributed by atoms with Crippen LogP contribution >= 0.6 is 23.7 Å². The molecule has 1 aliphatic heterocycles. The van der Waals surface area contributed by atoms with Crippen LogP contribution in [0.1, 0.15) is 25.3 Å². The molecule has 1 aromatic heterocycles. The van der Waals surface area contributed by atoms with Crippen molar-refractivity contribution in [2.24, 2.45) is 5.92 Å². The molecule has 1 saturated heterocycles. The molecule has 0 spiro atoms. The van der Waals surface area contributed by atoms with Crippen LogP contribution in [-0.2, 0) is 4.79 Å². The average molecular weight is 326 g/mol. The fraction of sp³-hybridized carbons (Fsp3) is 0.467. The molecule has 0 bridgehead atoms. The highest BCUT2D eigenvalue weighted by Crippen LogP contribution is 2.28. The van der Waals surface area contributed by atoms with E-state index in [2.05, 4.69) is 22.5 Å². The van der Waals surface area contributed by atoms with Crippen molar-refractivity contribution < 1.29 is 4.79 Å². The Morgan fingerprint density at radius 2 is 2.29 bits per heavy atom. The number of carbonyl (C=O) groups is 1. The van der Waals surface area contributed by atoms with Crippen LogP contribution in [0.4, 0.5) is 5.13 Å².